The van der Waals surface area contributed by atoms with Gasteiger partial charge in [-0.15, -0.1) is 0 Å². The summed E-state index contributed by atoms with van der Waals surface area (Å²) >= 11 is 1.24. The molecule has 5 rings (SSSR count). The Morgan fingerprint density at radius 1 is 1.22 bits per heavy atom. The number of benzene rings is 2. The second-order valence-electron chi connectivity index (χ2n) is 10.9. The van der Waals surface area contributed by atoms with Crippen LogP contribution in [-0.4, -0.2) is 49.7 Å². The standard InChI is InChI=1S/C26H31N3O5S2/c1-25(2)12-17-13-26(3,15-25)16-29(17)23(30)14-35-24-27-20-11-18(9-10-22(20)34-24)36(31,32)28-19-7-5-6-8-21(19)33-4/h5-11,17,28H,12-16H2,1-4H3/t17-,26-/m0/s1. The Kier molecular flexibility index (Phi) is 6.23. The van der Waals surface area contributed by atoms with Crippen molar-refractivity contribution in [3.05, 3.63) is 42.5 Å². The summed E-state index contributed by atoms with van der Waals surface area (Å²) in [4.78, 5) is 19.6. The summed E-state index contributed by atoms with van der Waals surface area (Å²) in [6.07, 6.45) is 3.23. The van der Waals surface area contributed by atoms with Crippen molar-refractivity contribution in [2.45, 2.75) is 56.2 Å². The molecule has 2 fully saturated rings. The molecule has 0 spiro atoms. The maximum Gasteiger partial charge on any atom is 0.262 e. The number of nitrogens with one attached hydrogen (secondary N) is 1. The smallest absolute Gasteiger partial charge is 0.262 e. The predicted octanol–water partition coefficient (Wildman–Crippen LogP) is 5.16. The summed E-state index contributed by atoms with van der Waals surface area (Å²) in [5, 5.41) is 0.347. The number of fused-ring (bicyclic) bond motifs is 3. The molecule has 2 heterocycles. The van der Waals surface area contributed by atoms with E-state index >= 15 is 0 Å². The molecule has 0 unspecified atom stereocenters. The lowest BCUT2D eigenvalue weighted by molar-refractivity contribution is -0.129. The van der Waals surface area contributed by atoms with Crippen molar-refractivity contribution in [2.24, 2.45) is 10.8 Å². The van der Waals surface area contributed by atoms with Crippen LogP contribution in [0, 0.1) is 10.8 Å². The zero-order valence-corrected chi connectivity index (χ0v) is 22.5. The number of para-hydroxylation sites is 2. The van der Waals surface area contributed by atoms with Crippen molar-refractivity contribution in [3.8, 4) is 5.75 Å². The lowest BCUT2D eigenvalue weighted by Crippen LogP contribution is -2.38. The number of likely N-dealkylation sites (tertiary alicyclic amines) is 1. The van der Waals surface area contributed by atoms with E-state index < -0.39 is 10.0 Å². The van der Waals surface area contributed by atoms with Gasteiger partial charge >= 0.3 is 0 Å². The molecule has 1 aliphatic carbocycles. The molecule has 36 heavy (non-hydrogen) atoms. The second-order valence-corrected chi connectivity index (χ2v) is 13.5. The van der Waals surface area contributed by atoms with Gasteiger partial charge in [-0.3, -0.25) is 9.52 Å². The van der Waals surface area contributed by atoms with Crippen LogP contribution < -0.4 is 9.46 Å². The molecule has 2 aliphatic rings. The molecule has 0 radical (unpaired) electrons. The van der Waals surface area contributed by atoms with Gasteiger partial charge in [0, 0.05) is 12.6 Å². The highest BCUT2D eigenvalue weighted by atomic mass is 32.2. The van der Waals surface area contributed by atoms with Gasteiger partial charge in [0.2, 0.25) is 5.91 Å². The van der Waals surface area contributed by atoms with Gasteiger partial charge in [0.1, 0.15) is 11.3 Å². The number of sulfonamides is 1. The maximum absolute atomic E-state index is 13.1. The zero-order chi connectivity index (χ0) is 25.7. The van der Waals surface area contributed by atoms with Crippen LogP contribution in [0.25, 0.3) is 11.1 Å². The van der Waals surface area contributed by atoms with E-state index in [0.29, 0.717) is 33.8 Å². The third kappa shape index (κ3) is 4.93. The monoisotopic (exact) mass is 529 g/mol. The highest BCUT2D eigenvalue weighted by Gasteiger charge is 2.50. The number of rotatable bonds is 7. The van der Waals surface area contributed by atoms with Gasteiger partial charge in [0.15, 0.2) is 5.58 Å². The quantitative estimate of drug-likeness (QED) is 0.422. The fourth-order valence-corrected chi connectivity index (χ4v) is 7.82. The van der Waals surface area contributed by atoms with Crippen molar-refractivity contribution in [1.82, 2.24) is 9.88 Å². The number of aromatic nitrogens is 1. The van der Waals surface area contributed by atoms with Gasteiger partial charge in [0.25, 0.3) is 15.2 Å². The van der Waals surface area contributed by atoms with Crippen LogP contribution in [0.15, 0.2) is 57.0 Å². The van der Waals surface area contributed by atoms with E-state index in [1.54, 1.807) is 30.3 Å². The number of oxazole rings is 1. The summed E-state index contributed by atoms with van der Waals surface area (Å²) in [5.41, 5.74) is 1.66. The minimum Gasteiger partial charge on any atom is -0.495 e. The van der Waals surface area contributed by atoms with Crippen molar-refractivity contribution in [2.75, 3.05) is 24.1 Å². The van der Waals surface area contributed by atoms with Crippen LogP contribution in [0.3, 0.4) is 0 Å². The van der Waals surface area contributed by atoms with E-state index in [2.05, 4.69) is 30.5 Å². The average molecular weight is 530 g/mol. The fraction of sp³-hybridized carbons (Fsp3) is 0.462. The first-order chi connectivity index (χ1) is 17.0. The van der Waals surface area contributed by atoms with Crippen LogP contribution in [-0.2, 0) is 14.8 Å². The van der Waals surface area contributed by atoms with Gasteiger partial charge in [0.05, 0.1) is 23.4 Å². The summed E-state index contributed by atoms with van der Waals surface area (Å²) in [6.45, 7) is 7.67. The third-order valence-electron chi connectivity index (χ3n) is 7.06. The fourth-order valence-electron chi connectivity index (χ4n) is 6.01. The van der Waals surface area contributed by atoms with E-state index in [1.165, 1.54) is 31.0 Å². The number of methoxy groups -OCH3 is 1. The predicted molar refractivity (Wildman–Crippen MR) is 140 cm³/mol. The van der Waals surface area contributed by atoms with Crippen molar-refractivity contribution >= 4 is 44.5 Å². The van der Waals surface area contributed by atoms with E-state index in [0.717, 1.165) is 25.8 Å². The molecule has 1 saturated heterocycles. The Bertz CT molecular complexity index is 1420. The number of amides is 1. The van der Waals surface area contributed by atoms with Crippen LogP contribution in [0.1, 0.15) is 40.0 Å². The Morgan fingerprint density at radius 3 is 2.78 bits per heavy atom. The first kappa shape index (κ1) is 25.0. The number of carbonyl (C=O) groups excluding carboxylic acids is 1. The van der Waals surface area contributed by atoms with E-state index in [1.807, 2.05) is 4.90 Å². The number of nitrogens with zero attached hydrogens (tertiary/aromatic N) is 2. The molecule has 8 nitrogen and oxygen atoms in total. The molecular weight excluding hydrogens is 498 g/mol. The topological polar surface area (TPSA) is 102 Å². The molecular formula is C26H31N3O5S2. The van der Waals surface area contributed by atoms with Gasteiger partial charge in [-0.05, 0) is 60.4 Å². The number of hydrogen-bond donors (Lipinski definition) is 1. The molecule has 2 bridgehead atoms. The van der Waals surface area contributed by atoms with Gasteiger partial charge < -0.3 is 14.1 Å². The minimum absolute atomic E-state index is 0.0574. The summed E-state index contributed by atoms with van der Waals surface area (Å²) < 4.78 is 39.5. The van der Waals surface area contributed by atoms with Gasteiger partial charge in [-0.25, -0.2) is 13.4 Å². The first-order valence-electron chi connectivity index (χ1n) is 12.0. The van der Waals surface area contributed by atoms with E-state index in [9.17, 15) is 13.2 Å². The molecule has 1 saturated carbocycles. The first-order valence-corrected chi connectivity index (χ1v) is 14.4. The molecule has 192 valence electrons. The highest BCUT2D eigenvalue weighted by molar-refractivity contribution is 7.99. The average Bonchev–Trinajstić information content (AvgIpc) is 3.33. The molecule has 1 aromatic heterocycles. The van der Waals surface area contributed by atoms with Gasteiger partial charge in [-0.1, -0.05) is 44.7 Å². The molecule has 2 atom stereocenters. The Morgan fingerprint density at radius 2 is 2.00 bits per heavy atom. The number of thioether (sulfide) groups is 1. The largest absolute Gasteiger partial charge is 0.495 e. The maximum atomic E-state index is 13.1. The normalized spacial score (nSPS) is 23.1. The lowest BCUT2D eigenvalue weighted by Gasteiger charge is -2.39. The number of anilines is 1. The summed E-state index contributed by atoms with van der Waals surface area (Å²) in [5.74, 6) is 0.754. The van der Waals surface area contributed by atoms with Crippen LogP contribution in [0.5, 0.6) is 5.75 Å². The number of ether oxygens (including phenoxy) is 1. The van der Waals surface area contributed by atoms with E-state index in [4.69, 9.17) is 9.15 Å². The van der Waals surface area contributed by atoms with Crippen LogP contribution >= 0.6 is 11.8 Å². The Labute approximate surface area is 215 Å². The molecule has 1 N–H and O–H groups in total. The zero-order valence-electron chi connectivity index (χ0n) is 20.9. The molecule has 10 heteroatoms. The van der Waals surface area contributed by atoms with E-state index in [-0.39, 0.29) is 27.4 Å². The molecule has 2 aromatic carbocycles. The third-order valence-corrected chi connectivity index (χ3v) is 9.23. The number of hydrogen-bond acceptors (Lipinski definition) is 7. The van der Waals surface area contributed by atoms with Crippen LogP contribution in [0.4, 0.5) is 5.69 Å². The molecule has 3 aromatic rings. The molecule has 1 aliphatic heterocycles. The van der Waals surface area contributed by atoms with Crippen molar-refractivity contribution in [3.63, 3.8) is 0 Å². The summed E-state index contributed by atoms with van der Waals surface area (Å²) in [7, 11) is -2.39. The molecule has 1 amide bonds. The second kappa shape index (κ2) is 8.99. The Balaban J connectivity index is 1.28. The SMILES string of the molecule is COc1ccccc1NS(=O)(=O)c1ccc2oc(SCC(=O)N3C[C@@]4(C)C[C@@H]3CC(C)(C)C4)nc2c1. The van der Waals surface area contributed by atoms with Crippen molar-refractivity contribution in [1.29, 1.82) is 0 Å². The Hall–Kier alpha value is -2.72. The lowest BCUT2D eigenvalue weighted by atomic mass is 9.65. The highest BCUT2D eigenvalue weighted by Crippen LogP contribution is 2.52. The van der Waals surface area contributed by atoms with Gasteiger partial charge in [-0.2, -0.15) is 0 Å². The van der Waals surface area contributed by atoms with Crippen molar-refractivity contribution < 1.29 is 22.4 Å². The summed E-state index contributed by atoms with van der Waals surface area (Å²) in [6, 6.07) is 11.6. The van der Waals surface area contributed by atoms with Crippen LogP contribution in [0.2, 0.25) is 0 Å². The number of carbonyl (C=O) groups is 1. The minimum atomic E-state index is -3.87.